The maximum Gasteiger partial charge on any atom is 0.341 e. The predicted octanol–water partition coefficient (Wildman–Crippen LogP) is 1.38. The van der Waals surface area contributed by atoms with Crippen LogP contribution in [0.3, 0.4) is 0 Å². The molecule has 5 heteroatoms. The highest BCUT2D eigenvalue weighted by atomic mass is 16.5. The van der Waals surface area contributed by atoms with Crippen LogP contribution in [-0.4, -0.2) is 20.8 Å². The molecule has 0 saturated carbocycles. The van der Waals surface area contributed by atoms with Crippen LogP contribution >= 0.6 is 0 Å². The van der Waals surface area contributed by atoms with E-state index in [9.17, 15) is 4.79 Å². The maximum atomic E-state index is 10.8. The molecule has 0 fully saturated rings. The van der Waals surface area contributed by atoms with E-state index in [0.29, 0.717) is 5.56 Å². The van der Waals surface area contributed by atoms with Gasteiger partial charge in [-0.1, -0.05) is 5.16 Å². The topological polar surface area (TPSA) is 68.3 Å². The Morgan fingerprint density at radius 3 is 3.00 bits per heavy atom. The zero-order valence-electron chi connectivity index (χ0n) is 7.47. The molecule has 14 heavy (non-hydrogen) atoms. The zero-order valence-corrected chi connectivity index (χ0v) is 7.47. The van der Waals surface area contributed by atoms with Crippen LogP contribution in [0.25, 0.3) is 11.3 Å². The molecule has 0 radical (unpaired) electrons. The van der Waals surface area contributed by atoms with Crippen molar-refractivity contribution in [1.29, 1.82) is 0 Å². The molecule has 2 heterocycles. The van der Waals surface area contributed by atoms with Gasteiger partial charge in [-0.15, -0.1) is 0 Å². The fourth-order valence-electron chi connectivity index (χ4n) is 1.24. The lowest BCUT2D eigenvalue weighted by atomic mass is 10.2. The largest absolute Gasteiger partial charge is 0.477 e. The minimum Gasteiger partial charge on any atom is -0.477 e. The van der Waals surface area contributed by atoms with Gasteiger partial charge in [0.1, 0.15) is 5.56 Å². The van der Waals surface area contributed by atoms with Crippen LogP contribution in [0.15, 0.2) is 29.2 Å². The summed E-state index contributed by atoms with van der Waals surface area (Å²) in [7, 11) is 1.85. The van der Waals surface area contributed by atoms with Gasteiger partial charge in [-0.2, -0.15) is 0 Å². The zero-order chi connectivity index (χ0) is 10.1. The molecule has 0 spiro atoms. The summed E-state index contributed by atoms with van der Waals surface area (Å²) < 4.78 is 6.69. The first-order valence-electron chi connectivity index (χ1n) is 3.99. The molecule has 2 aromatic heterocycles. The van der Waals surface area contributed by atoms with E-state index in [0.717, 1.165) is 0 Å². The van der Waals surface area contributed by atoms with Gasteiger partial charge in [0.15, 0.2) is 5.76 Å². The van der Waals surface area contributed by atoms with Crippen LogP contribution < -0.4 is 0 Å². The lowest BCUT2D eigenvalue weighted by Gasteiger charge is -1.91. The number of carboxylic acids is 1. The van der Waals surface area contributed by atoms with E-state index >= 15 is 0 Å². The van der Waals surface area contributed by atoms with Gasteiger partial charge in [0.05, 0.1) is 6.20 Å². The van der Waals surface area contributed by atoms with Crippen molar-refractivity contribution in [2.24, 2.45) is 7.05 Å². The summed E-state index contributed by atoms with van der Waals surface area (Å²) >= 11 is 0. The number of carboxylic acid groups (broad SMARTS) is 1. The van der Waals surface area contributed by atoms with Gasteiger partial charge in [-0.3, -0.25) is 0 Å². The Kier molecular flexibility index (Phi) is 1.85. The molecule has 0 atom stereocenters. The van der Waals surface area contributed by atoms with E-state index in [2.05, 4.69) is 5.16 Å². The van der Waals surface area contributed by atoms with Crippen molar-refractivity contribution < 1.29 is 14.4 Å². The number of aryl methyl sites for hydroxylation is 1. The highest BCUT2D eigenvalue weighted by molar-refractivity contribution is 5.93. The molecule has 0 aromatic carbocycles. The molecular formula is C9H8N2O3. The van der Waals surface area contributed by atoms with E-state index in [-0.39, 0.29) is 11.3 Å². The van der Waals surface area contributed by atoms with Gasteiger partial charge in [-0.25, -0.2) is 4.79 Å². The first kappa shape index (κ1) is 8.55. The summed E-state index contributed by atoms with van der Waals surface area (Å²) in [5, 5.41) is 12.3. The van der Waals surface area contributed by atoms with Crippen LogP contribution in [0, 0.1) is 0 Å². The number of aromatic nitrogens is 2. The Morgan fingerprint density at radius 2 is 2.43 bits per heavy atom. The SMILES string of the molecule is Cn1ccc(-c2oncc2C(=O)O)c1. The Bertz CT molecular complexity index is 470. The molecule has 1 N–H and O–H groups in total. The second kappa shape index (κ2) is 3.02. The van der Waals surface area contributed by atoms with Gasteiger partial charge >= 0.3 is 5.97 Å². The molecular weight excluding hydrogens is 184 g/mol. The predicted molar refractivity (Wildman–Crippen MR) is 47.9 cm³/mol. The van der Waals surface area contributed by atoms with Crippen molar-refractivity contribution in [2.75, 3.05) is 0 Å². The minimum absolute atomic E-state index is 0.0798. The Morgan fingerprint density at radius 1 is 1.64 bits per heavy atom. The minimum atomic E-state index is -1.04. The van der Waals surface area contributed by atoms with Gasteiger partial charge < -0.3 is 14.2 Å². The molecule has 2 rings (SSSR count). The third-order valence-corrected chi connectivity index (χ3v) is 1.89. The normalized spacial score (nSPS) is 10.4. The van der Waals surface area contributed by atoms with E-state index in [4.69, 9.17) is 9.63 Å². The third kappa shape index (κ3) is 1.28. The average molecular weight is 192 g/mol. The molecule has 72 valence electrons. The van der Waals surface area contributed by atoms with Gasteiger partial charge in [0.25, 0.3) is 0 Å². The summed E-state index contributed by atoms with van der Waals surface area (Å²) in [4.78, 5) is 10.8. The first-order chi connectivity index (χ1) is 6.68. The van der Waals surface area contributed by atoms with Crippen LogP contribution in [0.2, 0.25) is 0 Å². The first-order valence-corrected chi connectivity index (χ1v) is 3.99. The highest BCUT2D eigenvalue weighted by Crippen LogP contribution is 2.23. The molecule has 0 aliphatic carbocycles. The van der Waals surface area contributed by atoms with Crippen molar-refractivity contribution in [3.05, 3.63) is 30.2 Å². The number of hydrogen-bond acceptors (Lipinski definition) is 3. The fraction of sp³-hybridized carbons (Fsp3) is 0.111. The summed E-state index contributed by atoms with van der Waals surface area (Å²) in [6, 6.07) is 1.77. The van der Waals surface area contributed by atoms with Crippen LogP contribution in [0.4, 0.5) is 0 Å². The molecule has 0 unspecified atom stereocenters. The second-order valence-electron chi connectivity index (χ2n) is 2.94. The smallest absolute Gasteiger partial charge is 0.341 e. The van der Waals surface area contributed by atoms with Gasteiger partial charge in [-0.05, 0) is 6.07 Å². The number of aromatic carboxylic acids is 1. The van der Waals surface area contributed by atoms with E-state index in [1.54, 1.807) is 12.3 Å². The monoisotopic (exact) mass is 192 g/mol. The Hall–Kier alpha value is -2.04. The van der Waals surface area contributed by atoms with Crippen LogP contribution in [-0.2, 0) is 7.05 Å². The Balaban J connectivity index is 2.51. The van der Waals surface area contributed by atoms with Crippen molar-refractivity contribution in [3.8, 4) is 11.3 Å². The van der Waals surface area contributed by atoms with Crippen molar-refractivity contribution >= 4 is 5.97 Å². The van der Waals surface area contributed by atoms with Crippen LogP contribution in [0.1, 0.15) is 10.4 Å². The molecule has 0 aliphatic heterocycles. The maximum absolute atomic E-state index is 10.8. The summed E-state index contributed by atoms with van der Waals surface area (Å²) in [6.45, 7) is 0. The van der Waals surface area contributed by atoms with E-state index < -0.39 is 5.97 Å². The second-order valence-corrected chi connectivity index (χ2v) is 2.94. The molecule has 2 aromatic rings. The standard InChI is InChI=1S/C9H8N2O3/c1-11-3-2-6(5-11)8-7(9(12)13)4-10-14-8/h2-5H,1H3,(H,12,13). The van der Waals surface area contributed by atoms with E-state index in [1.807, 2.05) is 17.8 Å². The fourth-order valence-corrected chi connectivity index (χ4v) is 1.24. The van der Waals surface area contributed by atoms with Gasteiger partial charge in [0.2, 0.25) is 0 Å². The number of nitrogens with zero attached hydrogens (tertiary/aromatic N) is 2. The summed E-state index contributed by atoms with van der Waals surface area (Å²) in [5.74, 6) is -0.747. The average Bonchev–Trinajstić information content (AvgIpc) is 2.70. The van der Waals surface area contributed by atoms with Crippen molar-refractivity contribution in [2.45, 2.75) is 0 Å². The molecule has 0 saturated heterocycles. The lowest BCUT2D eigenvalue weighted by Crippen LogP contribution is -1.95. The Labute approximate surface area is 79.6 Å². The molecule has 5 nitrogen and oxygen atoms in total. The van der Waals surface area contributed by atoms with Gasteiger partial charge in [0, 0.05) is 25.0 Å². The summed E-state index contributed by atoms with van der Waals surface area (Å²) in [5.41, 5.74) is 0.790. The molecule has 0 amide bonds. The number of carbonyl (C=O) groups is 1. The number of rotatable bonds is 2. The third-order valence-electron chi connectivity index (χ3n) is 1.89. The van der Waals surface area contributed by atoms with Crippen molar-refractivity contribution in [1.82, 2.24) is 9.72 Å². The van der Waals surface area contributed by atoms with E-state index in [1.165, 1.54) is 6.20 Å². The summed E-state index contributed by atoms with van der Waals surface area (Å²) in [6.07, 6.45) is 4.78. The molecule has 0 bridgehead atoms. The highest BCUT2D eigenvalue weighted by Gasteiger charge is 2.16. The quantitative estimate of drug-likeness (QED) is 0.780. The van der Waals surface area contributed by atoms with Crippen molar-refractivity contribution in [3.63, 3.8) is 0 Å². The molecule has 0 aliphatic rings. The van der Waals surface area contributed by atoms with Crippen LogP contribution in [0.5, 0.6) is 0 Å². The lowest BCUT2D eigenvalue weighted by molar-refractivity contribution is 0.0697. The number of hydrogen-bond donors (Lipinski definition) is 1.